The van der Waals surface area contributed by atoms with Gasteiger partial charge in [-0.05, 0) is 42.8 Å². The highest BCUT2D eigenvalue weighted by atomic mass is 16.4. The minimum Gasteiger partial charge on any atom is -0.481 e. The Morgan fingerprint density at radius 3 is 2.17 bits per heavy atom. The molecule has 3 rings (SSSR count). The third-order valence-electron chi connectivity index (χ3n) is 4.74. The predicted molar refractivity (Wildman–Crippen MR) is 113 cm³/mol. The number of nitrogens with one attached hydrogen (secondary N) is 2. The van der Waals surface area contributed by atoms with E-state index in [1.165, 1.54) is 19.3 Å². The van der Waals surface area contributed by atoms with Crippen molar-refractivity contribution < 1.29 is 19.5 Å². The van der Waals surface area contributed by atoms with Crippen LogP contribution in [0.1, 0.15) is 29.3 Å². The number of carbonyl (C=O) groups excluding carboxylic acids is 2. The summed E-state index contributed by atoms with van der Waals surface area (Å²) in [5.41, 5.74) is 0.593. The van der Waals surface area contributed by atoms with Crippen LogP contribution in [0.15, 0.2) is 79.1 Å². The van der Waals surface area contributed by atoms with Gasteiger partial charge < -0.3 is 15.7 Å². The topological polar surface area (TPSA) is 108 Å². The molecule has 0 aliphatic heterocycles. The van der Waals surface area contributed by atoms with Crippen LogP contribution in [0.2, 0.25) is 0 Å². The molecule has 152 valence electrons. The molecule has 2 amide bonds. The van der Waals surface area contributed by atoms with Crippen LogP contribution in [-0.4, -0.2) is 27.9 Å². The molecule has 0 radical (unpaired) electrons. The average molecular weight is 403 g/mol. The lowest BCUT2D eigenvalue weighted by molar-refractivity contribution is -0.145. The minimum absolute atomic E-state index is 0.236. The van der Waals surface area contributed by atoms with Gasteiger partial charge in [-0.3, -0.25) is 19.4 Å². The quantitative estimate of drug-likeness (QED) is 0.557. The molecule has 3 N–H and O–H groups in total. The highest BCUT2D eigenvalue weighted by Gasteiger charge is 2.37. The third-order valence-corrected chi connectivity index (χ3v) is 4.74. The number of benzene rings is 2. The van der Waals surface area contributed by atoms with Gasteiger partial charge in [-0.25, -0.2) is 0 Å². The lowest BCUT2D eigenvalue weighted by Crippen LogP contribution is -2.36. The fourth-order valence-electron chi connectivity index (χ4n) is 3.01. The van der Waals surface area contributed by atoms with Crippen molar-refractivity contribution in [3.05, 3.63) is 90.3 Å². The second kappa shape index (κ2) is 9.00. The SMILES string of the molecule is C[C@@](CC(=O)Nc1cccc(NC(=O)c2ccncc2)c1)(C(=O)O)c1ccccc1. The molecule has 1 aromatic heterocycles. The van der Waals surface area contributed by atoms with Crippen LogP contribution >= 0.6 is 0 Å². The van der Waals surface area contributed by atoms with Gasteiger partial charge in [0, 0.05) is 35.8 Å². The minimum atomic E-state index is -1.36. The number of hydrogen-bond donors (Lipinski definition) is 3. The molecule has 7 nitrogen and oxygen atoms in total. The number of amides is 2. The van der Waals surface area contributed by atoms with Crippen molar-refractivity contribution in [2.24, 2.45) is 0 Å². The van der Waals surface area contributed by atoms with E-state index in [4.69, 9.17) is 0 Å². The van der Waals surface area contributed by atoms with Crippen LogP contribution in [0.3, 0.4) is 0 Å². The highest BCUT2D eigenvalue weighted by Crippen LogP contribution is 2.29. The van der Waals surface area contributed by atoms with E-state index in [1.54, 1.807) is 66.7 Å². The fourth-order valence-corrected chi connectivity index (χ4v) is 3.01. The van der Waals surface area contributed by atoms with E-state index in [9.17, 15) is 19.5 Å². The zero-order valence-electron chi connectivity index (χ0n) is 16.3. The molecule has 0 aliphatic carbocycles. The monoisotopic (exact) mass is 403 g/mol. The Morgan fingerprint density at radius 2 is 1.53 bits per heavy atom. The third kappa shape index (κ3) is 4.88. The molecule has 7 heteroatoms. The molecular weight excluding hydrogens is 382 g/mol. The predicted octanol–water partition coefficient (Wildman–Crippen LogP) is 3.71. The molecule has 30 heavy (non-hydrogen) atoms. The van der Waals surface area contributed by atoms with Gasteiger partial charge in [0.25, 0.3) is 5.91 Å². The number of anilines is 2. The van der Waals surface area contributed by atoms with Crippen molar-refractivity contribution in [1.29, 1.82) is 0 Å². The number of carbonyl (C=O) groups is 3. The molecule has 0 bridgehead atoms. The van der Waals surface area contributed by atoms with Crippen LogP contribution in [0, 0.1) is 0 Å². The molecule has 0 spiro atoms. The van der Waals surface area contributed by atoms with Gasteiger partial charge in [0.15, 0.2) is 0 Å². The van der Waals surface area contributed by atoms with Crippen molar-refractivity contribution in [2.45, 2.75) is 18.8 Å². The maximum absolute atomic E-state index is 12.6. The van der Waals surface area contributed by atoms with Crippen LogP contribution in [-0.2, 0) is 15.0 Å². The molecule has 0 aliphatic rings. The number of carboxylic acids is 1. The number of pyridine rings is 1. The van der Waals surface area contributed by atoms with Crippen molar-refractivity contribution in [2.75, 3.05) is 10.6 Å². The molecule has 1 heterocycles. The largest absolute Gasteiger partial charge is 0.481 e. The van der Waals surface area contributed by atoms with Gasteiger partial charge in [-0.2, -0.15) is 0 Å². The first-order valence-electron chi connectivity index (χ1n) is 9.29. The van der Waals surface area contributed by atoms with Gasteiger partial charge in [0.2, 0.25) is 5.91 Å². The maximum Gasteiger partial charge on any atom is 0.314 e. The Balaban J connectivity index is 1.70. The second-order valence-electron chi connectivity index (χ2n) is 7.00. The van der Waals surface area contributed by atoms with E-state index in [-0.39, 0.29) is 12.3 Å². The van der Waals surface area contributed by atoms with E-state index in [2.05, 4.69) is 15.6 Å². The summed E-state index contributed by atoms with van der Waals surface area (Å²) in [7, 11) is 0. The number of rotatable bonds is 7. The summed E-state index contributed by atoms with van der Waals surface area (Å²) in [5, 5.41) is 15.2. The van der Waals surface area contributed by atoms with E-state index >= 15 is 0 Å². The Bertz CT molecular complexity index is 1050. The summed E-state index contributed by atoms with van der Waals surface area (Å²) in [6.45, 7) is 1.52. The molecule has 0 fully saturated rings. The first-order chi connectivity index (χ1) is 14.4. The van der Waals surface area contributed by atoms with Crippen molar-refractivity contribution >= 4 is 29.2 Å². The molecule has 0 saturated carbocycles. The number of aliphatic carboxylic acids is 1. The van der Waals surface area contributed by atoms with E-state index in [0.717, 1.165) is 0 Å². The Kier molecular flexibility index (Phi) is 6.22. The molecule has 2 aromatic carbocycles. The lowest BCUT2D eigenvalue weighted by Gasteiger charge is -2.24. The first-order valence-corrected chi connectivity index (χ1v) is 9.29. The van der Waals surface area contributed by atoms with Gasteiger partial charge >= 0.3 is 5.97 Å². The Hall–Kier alpha value is -4.00. The maximum atomic E-state index is 12.6. The highest BCUT2D eigenvalue weighted by molar-refractivity contribution is 6.04. The second-order valence-corrected chi connectivity index (χ2v) is 7.00. The van der Waals surface area contributed by atoms with Crippen LogP contribution in [0.25, 0.3) is 0 Å². The summed E-state index contributed by atoms with van der Waals surface area (Å²) in [4.78, 5) is 40.6. The van der Waals surface area contributed by atoms with E-state index in [1.807, 2.05) is 0 Å². The molecule has 0 unspecified atom stereocenters. The van der Waals surface area contributed by atoms with Gasteiger partial charge in [-0.1, -0.05) is 36.4 Å². The molecule has 3 aromatic rings. The zero-order chi connectivity index (χ0) is 21.6. The van der Waals surface area contributed by atoms with Crippen molar-refractivity contribution in [1.82, 2.24) is 4.98 Å². The Labute approximate surface area is 173 Å². The number of hydrogen-bond acceptors (Lipinski definition) is 4. The number of carboxylic acid groups (broad SMARTS) is 1. The molecule has 1 atom stereocenters. The zero-order valence-corrected chi connectivity index (χ0v) is 16.3. The Morgan fingerprint density at radius 1 is 0.900 bits per heavy atom. The number of nitrogens with zero attached hydrogens (tertiary/aromatic N) is 1. The standard InChI is InChI=1S/C23H21N3O4/c1-23(22(29)30,17-6-3-2-4-7-17)15-20(27)25-18-8-5-9-19(14-18)26-21(28)16-10-12-24-13-11-16/h2-14H,15H2,1H3,(H,25,27)(H,26,28)(H,29,30)/t23-/m0/s1. The summed E-state index contributed by atoms with van der Waals surface area (Å²) < 4.78 is 0. The first kappa shape index (κ1) is 20.7. The fraction of sp³-hybridized carbons (Fsp3) is 0.130. The van der Waals surface area contributed by atoms with E-state index < -0.39 is 17.3 Å². The van der Waals surface area contributed by atoms with E-state index in [0.29, 0.717) is 22.5 Å². The number of aromatic nitrogens is 1. The molecule has 0 saturated heterocycles. The average Bonchev–Trinajstić information content (AvgIpc) is 2.75. The van der Waals surface area contributed by atoms with Crippen LogP contribution in [0.4, 0.5) is 11.4 Å². The molecular formula is C23H21N3O4. The van der Waals surface area contributed by atoms with Gasteiger partial charge in [0.05, 0.1) is 5.41 Å². The smallest absolute Gasteiger partial charge is 0.314 e. The van der Waals surface area contributed by atoms with Crippen LogP contribution in [0.5, 0.6) is 0 Å². The van der Waals surface area contributed by atoms with Gasteiger partial charge in [-0.15, -0.1) is 0 Å². The lowest BCUT2D eigenvalue weighted by atomic mass is 9.79. The van der Waals surface area contributed by atoms with Gasteiger partial charge in [0.1, 0.15) is 0 Å². The van der Waals surface area contributed by atoms with Crippen molar-refractivity contribution in [3.63, 3.8) is 0 Å². The van der Waals surface area contributed by atoms with Crippen LogP contribution < -0.4 is 10.6 Å². The summed E-state index contributed by atoms with van der Waals surface area (Å²) >= 11 is 0. The van der Waals surface area contributed by atoms with Crippen molar-refractivity contribution in [3.8, 4) is 0 Å². The normalized spacial score (nSPS) is 12.4. The summed E-state index contributed by atoms with van der Waals surface area (Å²) in [5.74, 6) is -1.83. The summed E-state index contributed by atoms with van der Waals surface area (Å²) in [6.07, 6.45) is 2.81. The summed E-state index contributed by atoms with van der Waals surface area (Å²) in [6, 6.07) is 18.5.